The van der Waals surface area contributed by atoms with E-state index in [2.05, 4.69) is 118 Å². The van der Waals surface area contributed by atoms with Crippen molar-refractivity contribution >= 4 is 17.9 Å². The van der Waals surface area contributed by atoms with Crippen molar-refractivity contribution in [3.8, 4) is 0 Å². The van der Waals surface area contributed by atoms with E-state index in [0.717, 1.165) is 109 Å². The molecule has 0 aromatic heterocycles. The lowest BCUT2D eigenvalue weighted by molar-refractivity contribution is -0.167. The summed E-state index contributed by atoms with van der Waals surface area (Å²) in [5, 5.41) is 0. The summed E-state index contributed by atoms with van der Waals surface area (Å²) in [6, 6.07) is 0. The highest BCUT2D eigenvalue weighted by atomic mass is 16.6. The van der Waals surface area contributed by atoms with Crippen LogP contribution >= 0.6 is 0 Å². The molecule has 0 aromatic carbocycles. The Kier molecular flexibility index (Phi) is 64.7. The summed E-state index contributed by atoms with van der Waals surface area (Å²) in [5.74, 6) is -0.882. The van der Waals surface area contributed by atoms with Crippen LogP contribution in [0.15, 0.2) is 97.2 Å². The summed E-state index contributed by atoms with van der Waals surface area (Å²) in [7, 11) is 0. The lowest BCUT2D eigenvalue weighted by Gasteiger charge is -2.18. The van der Waals surface area contributed by atoms with Crippen molar-refractivity contribution in [1.29, 1.82) is 0 Å². The highest BCUT2D eigenvalue weighted by Crippen LogP contribution is 2.17. The van der Waals surface area contributed by atoms with E-state index in [0.29, 0.717) is 19.3 Å². The van der Waals surface area contributed by atoms with E-state index in [-0.39, 0.29) is 31.1 Å². The first-order valence-electron chi connectivity index (χ1n) is 34.2. The number of unbranched alkanes of at least 4 members (excludes halogenated alkanes) is 35. The van der Waals surface area contributed by atoms with Crippen LogP contribution in [0.2, 0.25) is 0 Å². The molecule has 6 heteroatoms. The number of carbonyl (C=O) groups is 3. The van der Waals surface area contributed by atoms with Crippen LogP contribution in [0.3, 0.4) is 0 Å². The second kappa shape index (κ2) is 67.8. The molecule has 0 amide bonds. The molecule has 1 atom stereocenters. The summed E-state index contributed by atoms with van der Waals surface area (Å²) >= 11 is 0. The SMILES string of the molecule is CC/C=C\C/C=C\C/C=C\C/C=C\C/C=C\C/C=C\C/C=C\CCCCCCCCCC(=O)OCC(COC(=O)CCCCCCCCCC)OC(=O)CCCCCCCCCCCCCCC/C=C\CCCCCCCCCC. The monoisotopic (exact) mass is 1110 g/mol. The van der Waals surface area contributed by atoms with Crippen molar-refractivity contribution < 1.29 is 28.6 Å². The predicted octanol–water partition coefficient (Wildman–Crippen LogP) is 23.6. The van der Waals surface area contributed by atoms with Gasteiger partial charge in [-0.05, 0) is 103 Å². The molecular formula is C74H128O6. The Balaban J connectivity index is 4.17. The minimum atomic E-state index is -0.781. The van der Waals surface area contributed by atoms with Gasteiger partial charge in [0.1, 0.15) is 13.2 Å². The second-order valence-corrected chi connectivity index (χ2v) is 22.7. The van der Waals surface area contributed by atoms with Crippen LogP contribution in [0.25, 0.3) is 0 Å². The maximum atomic E-state index is 12.9. The first-order chi connectivity index (χ1) is 39.5. The Morgan fingerprint density at radius 3 is 0.775 bits per heavy atom. The van der Waals surface area contributed by atoms with Crippen molar-refractivity contribution in [3.63, 3.8) is 0 Å². The third-order valence-corrected chi connectivity index (χ3v) is 14.8. The molecule has 0 saturated heterocycles. The summed E-state index contributed by atoms with van der Waals surface area (Å²) in [4.78, 5) is 38.2. The first-order valence-corrected chi connectivity index (χ1v) is 34.2. The molecule has 0 aromatic rings. The van der Waals surface area contributed by atoms with Crippen LogP contribution in [0.4, 0.5) is 0 Å². The van der Waals surface area contributed by atoms with E-state index in [1.54, 1.807) is 0 Å². The maximum absolute atomic E-state index is 12.9. The Bertz CT molecular complexity index is 1560. The highest BCUT2D eigenvalue weighted by molar-refractivity contribution is 5.71. The van der Waals surface area contributed by atoms with E-state index in [9.17, 15) is 14.4 Å². The van der Waals surface area contributed by atoms with Gasteiger partial charge >= 0.3 is 17.9 Å². The van der Waals surface area contributed by atoms with Gasteiger partial charge in [-0.1, -0.05) is 311 Å². The summed E-state index contributed by atoms with van der Waals surface area (Å²) in [6.45, 7) is 6.52. The first kappa shape index (κ1) is 76.3. The molecule has 0 saturated carbocycles. The molecule has 460 valence electrons. The molecule has 0 fully saturated rings. The lowest BCUT2D eigenvalue weighted by Crippen LogP contribution is -2.30. The zero-order valence-corrected chi connectivity index (χ0v) is 52.8. The van der Waals surface area contributed by atoms with Gasteiger partial charge in [-0.2, -0.15) is 0 Å². The Labute approximate surface area is 496 Å². The minimum absolute atomic E-state index is 0.0782. The zero-order chi connectivity index (χ0) is 57.8. The van der Waals surface area contributed by atoms with E-state index >= 15 is 0 Å². The number of rotatable bonds is 62. The molecule has 1 unspecified atom stereocenters. The molecule has 0 aliphatic heterocycles. The third kappa shape index (κ3) is 65.1. The molecule has 0 heterocycles. The molecule has 0 aliphatic carbocycles. The van der Waals surface area contributed by atoms with Crippen molar-refractivity contribution in [1.82, 2.24) is 0 Å². The molecule has 0 N–H and O–H groups in total. The van der Waals surface area contributed by atoms with Crippen LogP contribution in [0.5, 0.6) is 0 Å². The molecule has 0 radical (unpaired) electrons. The predicted molar refractivity (Wildman–Crippen MR) is 348 cm³/mol. The molecule has 80 heavy (non-hydrogen) atoms. The highest BCUT2D eigenvalue weighted by Gasteiger charge is 2.19. The van der Waals surface area contributed by atoms with Crippen LogP contribution in [0, 0.1) is 0 Å². The van der Waals surface area contributed by atoms with Gasteiger partial charge in [0.15, 0.2) is 6.10 Å². The molecular weight excluding hydrogens is 985 g/mol. The van der Waals surface area contributed by atoms with Crippen LogP contribution in [0.1, 0.15) is 335 Å². The Morgan fingerprint density at radius 1 is 0.263 bits per heavy atom. The van der Waals surface area contributed by atoms with Crippen molar-refractivity contribution in [2.75, 3.05) is 13.2 Å². The fourth-order valence-electron chi connectivity index (χ4n) is 9.71. The lowest BCUT2D eigenvalue weighted by atomic mass is 10.0. The number of carbonyl (C=O) groups excluding carboxylic acids is 3. The second-order valence-electron chi connectivity index (χ2n) is 22.7. The van der Waals surface area contributed by atoms with E-state index in [1.165, 1.54) is 186 Å². The summed E-state index contributed by atoms with van der Waals surface area (Å²) in [6.07, 6.45) is 91.6. The maximum Gasteiger partial charge on any atom is 0.306 e. The largest absolute Gasteiger partial charge is 0.462 e. The Morgan fingerprint density at radius 2 is 0.487 bits per heavy atom. The fraction of sp³-hybridized carbons (Fsp3) is 0.743. The summed E-state index contributed by atoms with van der Waals surface area (Å²) in [5.41, 5.74) is 0. The van der Waals surface area contributed by atoms with Gasteiger partial charge in [-0.15, -0.1) is 0 Å². The smallest absolute Gasteiger partial charge is 0.306 e. The summed E-state index contributed by atoms with van der Waals surface area (Å²) < 4.78 is 16.9. The molecule has 0 aliphatic rings. The number of esters is 3. The third-order valence-electron chi connectivity index (χ3n) is 14.8. The average molecular weight is 1110 g/mol. The van der Waals surface area contributed by atoms with Crippen molar-refractivity contribution in [3.05, 3.63) is 97.2 Å². The topological polar surface area (TPSA) is 78.9 Å². The van der Waals surface area contributed by atoms with E-state index < -0.39 is 6.10 Å². The van der Waals surface area contributed by atoms with Gasteiger partial charge < -0.3 is 14.2 Å². The van der Waals surface area contributed by atoms with Crippen LogP contribution < -0.4 is 0 Å². The van der Waals surface area contributed by atoms with Crippen molar-refractivity contribution in [2.45, 2.75) is 341 Å². The fourth-order valence-corrected chi connectivity index (χ4v) is 9.71. The zero-order valence-electron chi connectivity index (χ0n) is 52.8. The van der Waals surface area contributed by atoms with E-state index in [1.807, 2.05) is 0 Å². The molecule has 0 rings (SSSR count). The van der Waals surface area contributed by atoms with Gasteiger partial charge in [0.2, 0.25) is 0 Å². The van der Waals surface area contributed by atoms with E-state index in [4.69, 9.17) is 14.2 Å². The molecule has 6 nitrogen and oxygen atoms in total. The minimum Gasteiger partial charge on any atom is -0.462 e. The quantitative estimate of drug-likeness (QED) is 0.0261. The number of ether oxygens (including phenoxy) is 3. The molecule has 0 bridgehead atoms. The average Bonchev–Trinajstić information content (AvgIpc) is 3.46. The number of hydrogen-bond donors (Lipinski definition) is 0. The van der Waals surface area contributed by atoms with Crippen molar-refractivity contribution in [2.24, 2.45) is 0 Å². The van der Waals surface area contributed by atoms with Crippen LogP contribution in [-0.2, 0) is 28.6 Å². The normalized spacial score (nSPS) is 12.7. The van der Waals surface area contributed by atoms with Crippen LogP contribution in [-0.4, -0.2) is 37.2 Å². The Hall–Kier alpha value is -3.67. The van der Waals surface area contributed by atoms with Gasteiger partial charge in [0.25, 0.3) is 0 Å². The number of allylic oxidation sites excluding steroid dienone is 16. The van der Waals surface area contributed by atoms with Gasteiger partial charge in [0, 0.05) is 19.3 Å². The number of hydrogen-bond acceptors (Lipinski definition) is 6. The van der Waals surface area contributed by atoms with Gasteiger partial charge in [-0.3, -0.25) is 14.4 Å². The molecule has 0 spiro atoms. The standard InChI is InChI=1S/C74H128O6/c1-4-7-10-13-16-19-21-23-25-27-29-31-33-35-36-37-38-40-41-43-45-47-49-51-53-55-58-61-64-67-73(76)79-70-71(69-78-72(75)66-63-60-57-18-15-12-9-6-3)80-74(77)68-65-62-59-56-54-52-50-48-46-44-42-39-34-32-30-28-26-24-22-20-17-14-11-8-5-2/h7,10,16,19,23,25,28-31,35-36,38,40,43,45,71H,4-6,8-9,11-15,17-18,20-22,24,26-27,32-34,37,39,41-42,44,46-70H2,1-3H3/b10-7-,19-16-,25-23-,30-28-,31-29-,36-35-,40-38-,45-43-. The van der Waals surface area contributed by atoms with Gasteiger partial charge in [-0.25, -0.2) is 0 Å². The van der Waals surface area contributed by atoms with Gasteiger partial charge in [0.05, 0.1) is 0 Å².